The van der Waals surface area contributed by atoms with Gasteiger partial charge in [-0.3, -0.25) is 10.1 Å². The monoisotopic (exact) mass is 326 g/mol. The number of carbonyl (C=O) groups excluding carboxylic acids is 1. The van der Waals surface area contributed by atoms with Crippen molar-refractivity contribution in [3.05, 3.63) is 53.3 Å². The first kappa shape index (κ1) is 18.1. The van der Waals surface area contributed by atoms with E-state index in [0.717, 1.165) is 29.7 Å². The largest absolute Gasteiger partial charge is 0.320 e. The van der Waals surface area contributed by atoms with E-state index in [-0.39, 0.29) is 5.91 Å². The number of benzene rings is 1. The highest BCUT2D eigenvalue weighted by Crippen LogP contribution is 2.12. The van der Waals surface area contributed by atoms with Crippen molar-refractivity contribution in [2.45, 2.75) is 52.0 Å². The molecule has 0 aliphatic carbocycles. The number of nitrogens with zero attached hydrogens (tertiary/aromatic N) is 2. The number of nitrogens with two attached hydrogens (primary N) is 1. The predicted octanol–water partition coefficient (Wildman–Crippen LogP) is 3.03. The van der Waals surface area contributed by atoms with Crippen LogP contribution in [0, 0.1) is 6.92 Å². The zero-order chi connectivity index (χ0) is 17.4. The molecule has 5 heteroatoms. The van der Waals surface area contributed by atoms with Crippen LogP contribution >= 0.6 is 0 Å². The highest BCUT2D eigenvalue weighted by Gasteiger charge is 2.15. The van der Waals surface area contributed by atoms with Crippen molar-refractivity contribution in [3.8, 4) is 0 Å². The number of rotatable bonds is 8. The van der Waals surface area contributed by atoms with E-state index in [1.807, 2.05) is 37.3 Å². The summed E-state index contributed by atoms with van der Waals surface area (Å²) in [7, 11) is 0. The predicted molar refractivity (Wildman–Crippen MR) is 96.7 cm³/mol. The van der Waals surface area contributed by atoms with Gasteiger partial charge in [-0.05, 0) is 37.3 Å². The maximum Gasteiger partial charge on any atom is 0.243 e. The number of nitrogens with one attached hydrogen (secondary N) is 1. The second kappa shape index (κ2) is 9.13. The molecule has 1 aromatic carbocycles. The molecule has 5 nitrogen and oxygen atoms in total. The Morgan fingerprint density at radius 2 is 2.00 bits per heavy atom. The van der Waals surface area contributed by atoms with Gasteiger partial charge in [-0.15, -0.1) is 0 Å². The van der Waals surface area contributed by atoms with E-state index in [1.54, 1.807) is 6.20 Å². The van der Waals surface area contributed by atoms with Gasteiger partial charge in [0.1, 0.15) is 0 Å². The number of aromatic nitrogens is 2. The van der Waals surface area contributed by atoms with Crippen molar-refractivity contribution in [1.29, 1.82) is 0 Å². The average Bonchev–Trinajstić information content (AvgIpc) is 2.58. The first-order valence-corrected chi connectivity index (χ1v) is 8.53. The lowest BCUT2D eigenvalue weighted by molar-refractivity contribution is -0.117. The highest BCUT2D eigenvalue weighted by molar-refractivity contribution is 5.93. The van der Waals surface area contributed by atoms with Gasteiger partial charge < -0.3 is 5.73 Å². The zero-order valence-electron chi connectivity index (χ0n) is 14.5. The molecule has 0 aliphatic rings. The van der Waals surface area contributed by atoms with Crippen molar-refractivity contribution < 1.29 is 4.79 Å². The second-order valence-electron chi connectivity index (χ2n) is 6.05. The standard InChI is InChI=1S/C19H26N4O/c1-3-4-6-11-16-13-21-19(22-14(16)2)23-18(24)17(20)12-15-9-7-5-8-10-15/h5,7-10,13,17H,3-4,6,11-12,20H2,1-2H3,(H,21,22,23,24). The topological polar surface area (TPSA) is 80.9 Å². The minimum absolute atomic E-state index is 0.267. The van der Waals surface area contributed by atoms with Crippen LogP contribution in [0.3, 0.4) is 0 Å². The molecule has 0 spiro atoms. The van der Waals surface area contributed by atoms with Crippen molar-refractivity contribution in [2.75, 3.05) is 5.32 Å². The third-order valence-electron chi connectivity index (χ3n) is 4.00. The second-order valence-corrected chi connectivity index (χ2v) is 6.05. The molecule has 1 atom stereocenters. The molecule has 0 saturated heterocycles. The van der Waals surface area contributed by atoms with E-state index in [9.17, 15) is 4.79 Å². The fourth-order valence-electron chi connectivity index (χ4n) is 2.53. The maximum atomic E-state index is 12.2. The number of hydrogen-bond donors (Lipinski definition) is 2. The maximum absolute atomic E-state index is 12.2. The average molecular weight is 326 g/mol. The number of unbranched alkanes of at least 4 members (excludes halogenated alkanes) is 2. The summed E-state index contributed by atoms with van der Waals surface area (Å²) in [6.45, 7) is 4.13. The van der Waals surface area contributed by atoms with Gasteiger partial charge in [0.2, 0.25) is 11.9 Å². The Bertz CT molecular complexity index is 658. The number of aryl methyl sites for hydroxylation is 2. The number of anilines is 1. The smallest absolute Gasteiger partial charge is 0.243 e. The summed E-state index contributed by atoms with van der Waals surface area (Å²) >= 11 is 0. The lowest BCUT2D eigenvalue weighted by atomic mass is 10.1. The lowest BCUT2D eigenvalue weighted by Gasteiger charge is -2.12. The Hall–Kier alpha value is -2.27. The van der Waals surface area contributed by atoms with Crippen LogP contribution in [-0.2, 0) is 17.6 Å². The van der Waals surface area contributed by atoms with Crippen molar-refractivity contribution in [3.63, 3.8) is 0 Å². The minimum Gasteiger partial charge on any atom is -0.320 e. The quantitative estimate of drug-likeness (QED) is 0.731. The molecule has 1 aromatic heterocycles. The van der Waals surface area contributed by atoms with Gasteiger partial charge >= 0.3 is 0 Å². The molecule has 0 saturated carbocycles. The lowest BCUT2D eigenvalue weighted by Crippen LogP contribution is -2.37. The van der Waals surface area contributed by atoms with Crippen LogP contribution in [0.1, 0.15) is 43.0 Å². The molecule has 128 valence electrons. The highest BCUT2D eigenvalue weighted by atomic mass is 16.2. The zero-order valence-corrected chi connectivity index (χ0v) is 14.5. The van der Waals surface area contributed by atoms with Crippen LogP contribution in [0.4, 0.5) is 5.95 Å². The Balaban J connectivity index is 1.92. The van der Waals surface area contributed by atoms with E-state index < -0.39 is 6.04 Å². The third kappa shape index (κ3) is 5.42. The summed E-state index contributed by atoms with van der Waals surface area (Å²) in [5.74, 6) is 0.0530. The van der Waals surface area contributed by atoms with Gasteiger partial charge in [-0.25, -0.2) is 9.97 Å². The Morgan fingerprint density at radius 1 is 1.25 bits per heavy atom. The normalized spacial score (nSPS) is 12.0. The summed E-state index contributed by atoms with van der Waals surface area (Å²) in [6, 6.07) is 9.10. The van der Waals surface area contributed by atoms with Gasteiger partial charge in [-0.2, -0.15) is 0 Å². The molecule has 1 unspecified atom stereocenters. The summed E-state index contributed by atoms with van der Waals surface area (Å²) < 4.78 is 0. The van der Waals surface area contributed by atoms with Crippen molar-refractivity contribution >= 4 is 11.9 Å². The number of amides is 1. The van der Waals surface area contributed by atoms with Gasteiger partial charge in [0.15, 0.2) is 0 Å². The Kier molecular flexibility index (Phi) is 6.88. The summed E-state index contributed by atoms with van der Waals surface area (Å²) in [4.78, 5) is 20.8. The van der Waals surface area contributed by atoms with E-state index in [4.69, 9.17) is 5.73 Å². The summed E-state index contributed by atoms with van der Waals surface area (Å²) in [5, 5.41) is 2.71. The van der Waals surface area contributed by atoms with E-state index >= 15 is 0 Å². The van der Waals surface area contributed by atoms with Crippen LogP contribution in [-0.4, -0.2) is 21.9 Å². The van der Waals surface area contributed by atoms with E-state index in [2.05, 4.69) is 22.2 Å². The first-order chi connectivity index (χ1) is 11.6. The third-order valence-corrected chi connectivity index (χ3v) is 4.00. The molecular formula is C19H26N4O. The van der Waals surface area contributed by atoms with Gasteiger partial charge in [0.25, 0.3) is 0 Å². The Morgan fingerprint density at radius 3 is 2.67 bits per heavy atom. The first-order valence-electron chi connectivity index (χ1n) is 8.53. The number of hydrogen-bond acceptors (Lipinski definition) is 4. The van der Waals surface area contributed by atoms with Crippen LogP contribution < -0.4 is 11.1 Å². The van der Waals surface area contributed by atoms with Crippen molar-refractivity contribution in [1.82, 2.24) is 9.97 Å². The molecular weight excluding hydrogens is 300 g/mol. The van der Waals surface area contributed by atoms with E-state index in [1.165, 1.54) is 12.8 Å². The summed E-state index contributed by atoms with van der Waals surface area (Å²) in [5.41, 5.74) is 9.05. The fraction of sp³-hybridized carbons (Fsp3) is 0.421. The van der Waals surface area contributed by atoms with Crippen molar-refractivity contribution in [2.24, 2.45) is 5.73 Å². The number of carbonyl (C=O) groups is 1. The fourth-order valence-corrected chi connectivity index (χ4v) is 2.53. The molecule has 2 rings (SSSR count). The molecule has 1 heterocycles. The van der Waals surface area contributed by atoms with Crippen LogP contribution in [0.5, 0.6) is 0 Å². The molecule has 0 radical (unpaired) electrons. The molecule has 1 amide bonds. The minimum atomic E-state index is -0.625. The van der Waals surface area contributed by atoms with Crippen LogP contribution in [0.2, 0.25) is 0 Å². The van der Waals surface area contributed by atoms with Crippen LogP contribution in [0.25, 0.3) is 0 Å². The van der Waals surface area contributed by atoms with E-state index in [0.29, 0.717) is 12.4 Å². The summed E-state index contributed by atoms with van der Waals surface area (Å²) in [6.07, 6.45) is 6.78. The SMILES string of the molecule is CCCCCc1cnc(NC(=O)C(N)Cc2ccccc2)nc1C. The van der Waals surface area contributed by atoms with Gasteiger partial charge in [0.05, 0.1) is 6.04 Å². The molecule has 24 heavy (non-hydrogen) atoms. The molecule has 0 aliphatic heterocycles. The molecule has 3 N–H and O–H groups in total. The van der Waals surface area contributed by atoms with Gasteiger partial charge in [-0.1, -0.05) is 50.1 Å². The van der Waals surface area contributed by atoms with Gasteiger partial charge in [0, 0.05) is 11.9 Å². The van der Waals surface area contributed by atoms with Crippen LogP contribution in [0.15, 0.2) is 36.5 Å². The Labute approximate surface area is 143 Å². The molecule has 0 fully saturated rings. The molecule has 0 bridgehead atoms. The molecule has 2 aromatic rings.